The van der Waals surface area contributed by atoms with Crippen LogP contribution in [0.3, 0.4) is 0 Å². The van der Waals surface area contributed by atoms with E-state index >= 15 is 0 Å². The third kappa shape index (κ3) is 3.33. The second-order valence-corrected chi connectivity index (χ2v) is 7.47. The molecule has 1 aromatic heterocycles. The zero-order valence-electron chi connectivity index (χ0n) is 16.1. The predicted molar refractivity (Wildman–Crippen MR) is 109 cm³/mol. The molecule has 0 radical (unpaired) electrons. The van der Waals surface area contributed by atoms with Crippen molar-refractivity contribution in [3.05, 3.63) is 77.0 Å². The van der Waals surface area contributed by atoms with Crippen molar-refractivity contribution in [2.24, 2.45) is 0 Å². The van der Waals surface area contributed by atoms with Gasteiger partial charge in [0.2, 0.25) is 0 Å². The van der Waals surface area contributed by atoms with Crippen molar-refractivity contribution in [2.75, 3.05) is 26.7 Å². The highest BCUT2D eigenvalue weighted by Gasteiger charge is 2.31. The molecule has 1 saturated heterocycles. The molecule has 0 bridgehead atoms. The van der Waals surface area contributed by atoms with E-state index in [-0.39, 0.29) is 11.9 Å². The molecule has 2 heterocycles. The van der Waals surface area contributed by atoms with Crippen LogP contribution in [0.15, 0.2) is 54.6 Å². The second kappa shape index (κ2) is 7.12. The monoisotopic (exact) mass is 359 g/mol. The van der Waals surface area contributed by atoms with Crippen LogP contribution in [0.2, 0.25) is 0 Å². The van der Waals surface area contributed by atoms with Crippen LogP contribution < -0.4 is 0 Å². The maximum Gasteiger partial charge on any atom is 0.255 e. The number of pyridine rings is 1. The minimum absolute atomic E-state index is 0.0609. The van der Waals surface area contributed by atoms with E-state index in [4.69, 9.17) is 0 Å². The number of nitrogens with zero attached hydrogens (tertiary/aromatic N) is 3. The van der Waals surface area contributed by atoms with E-state index in [1.165, 1.54) is 5.56 Å². The first-order valence-electron chi connectivity index (χ1n) is 9.46. The number of benzene rings is 2. The fraction of sp³-hybridized carbons (Fsp3) is 0.304. The summed E-state index contributed by atoms with van der Waals surface area (Å²) >= 11 is 0. The van der Waals surface area contributed by atoms with Gasteiger partial charge in [0, 0.05) is 30.7 Å². The van der Waals surface area contributed by atoms with Gasteiger partial charge in [-0.1, -0.05) is 48.5 Å². The van der Waals surface area contributed by atoms with Crippen LogP contribution in [0.25, 0.3) is 10.9 Å². The van der Waals surface area contributed by atoms with Crippen molar-refractivity contribution in [1.29, 1.82) is 0 Å². The van der Waals surface area contributed by atoms with E-state index in [0.29, 0.717) is 0 Å². The molecule has 2 aromatic carbocycles. The SMILES string of the molecule is Cc1cc(C(=O)N2CCN(C)C[C@@H]2c2ccccc2)c2cccc(C)c2n1. The Kier molecular flexibility index (Phi) is 4.66. The maximum atomic E-state index is 13.6. The molecule has 0 aliphatic carbocycles. The molecular formula is C23H25N3O. The molecule has 1 amide bonds. The summed E-state index contributed by atoms with van der Waals surface area (Å²) in [4.78, 5) is 22.6. The molecule has 1 fully saturated rings. The number of carbonyl (C=O) groups is 1. The summed E-state index contributed by atoms with van der Waals surface area (Å²) in [5.74, 6) is 0.0954. The number of para-hydroxylation sites is 1. The van der Waals surface area contributed by atoms with Gasteiger partial charge in [0.05, 0.1) is 17.1 Å². The van der Waals surface area contributed by atoms with Gasteiger partial charge in [-0.2, -0.15) is 0 Å². The van der Waals surface area contributed by atoms with Gasteiger partial charge in [-0.25, -0.2) is 0 Å². The van der Waals surface area contributed by atoms with Crippen molar-refractivity contribution >= 4 is 16.8 Å². The van der Waals surface area contributed by atoms with Gasteiger partial charge >= 0.3 is 0 Å². The fourth-order valence-corrected chi connectivity index (χ4v) is 3.97. The molecule has 4 rings (SSSR count). The number of aryl methyl sites for hydroxylation is 2. The summed E-state index contributed by atoms with van der Waals surface area (Å²) in [5, 5.41) is 0.941. The normalized spacial score (nSPS) is 18.0. The Labute approximate surface area is 160 Å². The summed E-state index contributed by atoms with van der Waals surface area (Å²) in [7, 11) is 2.12. The summed E-state index contributed by atoms with van der Waals surface area (Å²) in [6, 6.07) is 18.4. The van der Waals surface area contributed by atoms with Crippen molar-refractivity contribution in [2.45, 2.75) is 19.9 Å². The molecular weight excluding hydrogens is 334 g/mol. The molecule has 4 heteroatoms. The first-order valence-corrected chi connectivity index (χ1v) is 9.46. The Bertz CT molecular complexity index is 984. The third-order valence-corrected chi connectivity index (χ3v) is 5.43. The summed E-state index contributed by atoms with van der Waals surface area (Å²) in [5.41, 5.74) is 4.84. The van der Waals surface area contributed by atoms with Crippen LogP contribution in [0.4, 0.5) is 0 Å². The first kappa shape index (κ1) is 17.7. The average Bonchev–Trinajstić information content (AvgIpc) is 2.68. The third-order valence-electron chi connectivity index (χ3n) is 5.43. The molecule has 1 atom stereocenters. The Morgan fingerprint density at radius 1 is 1.04 bits per heavy atom. The highest BCUT2D eigenvalue weighted by Crippen LogP contribution is 2.29. The number of hydrogen-bond donors (Lipinski definition) is 0. The molecule has 0 spiro atoms. The zero-order chi connectivity index (χ0) is 19.0. The minimum atomic E-state index is 0.0609. The standard InChI is InChI=1S/C23H25N3O/c1-16-8-7-11-19-20(14-17(2)24-22(16)19)23(27)26-13-12-25(3)15-21(26)18-9-5-4-6-10-18/h4-11,14,21H,12-13,15H2,1-3H3/t21-/m1/s1. The van der Waals surface area contributed by atoms with Gasteiger partial charge in [0.25, 0.3) is 5.91 Å². The quantitative estimate of drug-likeness (QED) is 0.694. The van der Waals surface area contributed by atoms with Crippen LogP contribution in [0.5, 0.6) is 0 Å². The number of fused-ring (bicyclic) bond motifs is 1. The number of amides is 1. The molecule has 4 nitrogen and oxygen atoms in total. The fourth-order valence-electron chi connectivity index (χ4n) is 3.97. The van der Waals surface area contributed by atoms with E-state index in [1.807, 2.05) is 61.2 Å². The topological polar surface area (TPSA) is 36.4 Å². The lowest BCUT2D eigenvalue weighted by atomic mass is 9.99. The van der Waals surface area contributed by atoms with E-state index in [2.05, 4.69) is 29.1 Å². The molecule has 0 N–H and O–H groups in total. The zero-order valence-corrected chi connectivity index (χ0v) is 16.1. The predicted octanol–water partition coefficient (Wildman–Crippen LogP) is 3.98. The second-order valence-electron chi connectivity index (χ2n) is 7.47. The van der Waals surface area contributed by atoms with Crippen molar-refractivity contribution < 1.29 is 4.79 Å². The van der Waals surface area contributed by atoms with E-state index in [1.54, 1.807) is 0 Å². The lowest BCUT2D eigenvalue weighted by Crippen LogP contribution is -2.49. The minimum Gasteiger partial charge on any atom is -0.329 e. The van der Waals surface area contributed by atoms with Crippen LogP contribution >= 0.6 is 0 Å². The molecule has 27 heavy (non-hydrogen) atoms. The number of piperazine rings is 1. The van der Waals surface area contributed by atoms with E-state index in [9.17, 15) is 4.79 Å². The Morgan fingerprint density at radius 2 is 1.81 bits per heavy atom. The van der Waals surface area contributed by atoms with Crippen molar-refractivity contribution in [3.8, 4) is 0 Å². The van der Waals surface area contributed by atoms with Crippen LogP contribution in [0.1, 0.15) is 33.2 Å². The lowest BCUT2D eigenvalue weighted by Gasteiger charge is -2.40. The number of rotatable bonds is 2. The summed E-state index contributed by atoms with van der Waals surface area (Å²) < 4.78 is 0. The Hall–Kier alpha value is -2.72. The number of aromatic nitrogens is 1. The molecule has 0 unspecified atom stereocenters. The van der Waals surface area contributed by atoms with Crippen LogP contribution in [0, 0.1) is 13.8 Å². The molecule has 0 saturated carbocycles. The van der Waals surface area contributed by atoms with Gasteiger partial charge in [-0.05, 0) is 38.1 Å². The van der Waals surface area contributed by atoms with Crippen LogP contribution in [-0.4, -0.2) is 47.4 Å². The van der Waals surface area contributed by atoms with Gasteiger partial charge < -0.3 is 9.80 Å². The largest absolute Gasteiger partial charge is 0.329 e. The maximum absolute atomic E-state index is 13.6. The number of carbonyl (C=O) groups excluding carboxylic acids is 1. The highest BCUT2D eigenvalue weighted by molar-refractivity contribution is 6.07. The Balaban J connectivity index is 1.79. The average molecular weight is 359 g/mol. The highest BCUT2D eigenvalue weighted by atomic mass is 16.2. The molecule has 138 valence electrons. The van der Waals surface area contributed by atoms with E-state index < -0.39 is 0 Å². The van der Waals surface area contributed by atoms with Gasteiger partial charge in [-0.3, -0.25) is 9.78 Å². The van der Waals surface area contributed by atoms with Crippen molar-refractivity contribution in [3.63, 3.8) is 0 Å². The van der Waals surface area contributed by atoms with Crippen molar-refractivity contribution in [1.82, 2.24) is 14.8 Å². The lowest BCUT2D eigenvalue weighted by molar-refractivity contribution is 0.0500. The number of likely N-dealkylation sites (N-methyl/N-ethyl adjacent to an activating group) is 1. The first-order chi connectivity index (χ1) is 13.0. The molecule has 3 aromatic rings. The summed E-state index contributed by atoms with van der Waals surface area (Å²) in [6.07, 6.45) is 0. The smallest absolute Gasteiger partial charge is 0.255 e. The van der Waals surface area contributed by atoms with Crippen LogP contribution in [-0.2, 0) is 0 Å². The summed E-state index contributed by atoms with van der Waals surface area (Å²) in [6.45, 7) is 6.46. The van der Waals surface area contributed by atoms with Gasteiger partial charge in [-0.15, -0.1) is 0 Å². The number of hydrogen-bond acceptors (Lipinski definition) is 3. The molecule has 1 aliphatic heterocycles. The van der Waals surface area contributed by atoms with Gasteiger partial charge in [0.15, 0.2) is 0 Å². The van der Waals surface area contributed by atoms with E-state index in [0.717, 1.165) is 47.4 Å². The molecule has 1 aliphatic rings. The Morgan fingerprint density at radius 3 is 2.59 bits per heavy atom. The van der Waals surface area contributed by atoms with Gasteiger partial charge in [0.1, 0.15) is 0 Å².